The number of nitrogens with one attached hydrogen (secondary N) is 2. The molecule has 0 fully saturated rings. The van der Waals surface area contributed by atoms with Crippen molar-refractivity contribution in [3.05, 3.63) is 124 Å². The van der Waals surface area contributed by atoms with Gasteiger partial charge in [-0.25, -0.2) is 13.1 Å². The lowest BCUT2D eigenvalue weighted by atomic mass is 10.0. The summed E-state index contributed by atoms with van der Waals surface area (Å²) in [6.07, 6.45) is 1.36. The van der Waals surface area contributed by atoms with Gasteiger partial charge < -0.3 is 19.7 Å². The lowest BCUT2D eigenvalue weighted by molar-refractivity contribution is -0.141. The summed E-state index contributed by atoms with van der Waals surface area (Å²) in [5, 5.41) is 3.64. The number of sulfonamides is 1. The van der Waals surface area contributed by atoms with Crippen LogP contribution < -0.4 is 19.5 Å². The van der Waals surface area contributed by atoms with Gasteiger partial charge in [0, 0.05) is 37.5 Å². The molecule has 0 aromatic heterocycles. The summed E-state index contributed by atoms with van der Waals surface area (Å²) in [5.41, 5.74) is 3.53. The highest BCUT2D eigenvalue weighted by atomic mass is 35.5. The Labute approximate surface area is 288 Å². The molecule has 0 aliphatic heterocycles. The number of amides is 2. The minimum Gasteiger partial charge on any atom is -0.493 e. The van der Waals surface area contributed by atoms with E-state index in [1.807, 2.05) is 60.7 Å². The first-order chi connectivity index (χ1) is 23.1. The van der Waals surface area contributed by atoms with E-state index >= 15 is 0 Å². The molecule has 48 heavy (non-hydrogen) atoms. The summed E-state index contributed by atoms with van der Waals surface area (Å²) in [6, 6.07) is 28.2. The molecule has 0 aliphatic rings. The van der Waals surface area contributed by atoms with Gasteiger partial charge in [-0.15, -0.1) is 0 Å². The molecule has 0 aliphatic carbocycles. The maximum absolute atomic E-state index is 14.0. The van der Waals surface area contributed by atoms with Crippen molar-refractivity contribution in [2.24, 2.45) is 0 Å². The Morgan fingerprint density at radius 1 is 0.792 bits per heavy atom. The van der Waals surface area contributed by atoms with E-state index in [2.05, 4.69) is 10.0 Å². The van der Waals surface area contributed by atoms with Crippen LogP contribution in [0.1, 0.15) is 35.6 Å². The van der Waals surface area contributed by atoms with Gasteiger partial charge in [-0.05, 0) is 71.5 Å². The standard InChI is InChI=1S/C37H42ClN3O6S/c1-4-40-48(44,45)32-18-12-27(13-19-32)15-21-36(42)41(26-30-10-16-31(38)17-11-30)33(24-28-8-6-5-7-9-28)37(43)39-23-22-29-14-20-34(46-2)35(25-29)47-3/h5-14,16-20,25,33,40H,4,15,21-24,26H2,1-3H3,(H,39,43)/t33-/m0/s1. The van der Waals surface area contributed by atoms with Gasteiger partial charge in [-0.2, -0.15) is 0 Å². The van der Waals surface area contributed by atoms with Crippen LogP contribution in [-0.2, 0) is 45.4 Å². The Kier molecular flexibility index (Phi) is 13.4. The van der Waals surface area contributed by atoms with Crippen molar-refractivity contribution < 1.29 is 27.5 Å². The predicted molar refractivity (Wildman–Crippen MR) is 188 cm³/mol. The molecule has 4 aromatic rings. The van der Waals surface area contributed by atoms with Gasteiger partial charge in [-0.3, -0.25) is 9.59 Å². The summed E-state index contributed by atoms with van der Waals surface area (Å²) in [6.45, 7) is 2.56. The minimum atomic E-state index is -3.58. The summed E-state index contributed by atoms with van der Waals surface area (Å²) in [5.74, 6) is 0.765. The number of benzene rings is 4. The average molecular weight is 692 g/mol. The van der Waals surface area contributed by atoms with Gasteiger partial charge in [0.15, 0.2) is 11.5 Å². The second-order valence-corrected chi connectivity index (χ2v) is 13.4. The van der Waals surface area contributed by atoms with Gasteiger partial charge in [0.05, 0.1) is 19.1 Å². The fourth-order valence-electron chi connectivity index (χ4n) is 5.33. The topological polar surface area (TPSA) is 114 Å². The molecule has 0 unspecified atom stereocenters. The molecule has 0 bridgehead atoms. The molecule has 0 heterocycles. The Hall–Kier alpha value is -4.38. The van der Waals surface area contributed by atoms with Crippen molar-refractivity contribution in [3.63, 3.8) is 0 Å². The number of halogens is 1. The maximum atomic E-state index is 14.0. The first-order valence-electron chi connectivity index (χ1n) is 15.8. The van der Waals surface area contributed by atoms with Crippen LogP contribution in [0, 0.1) is 0 Å². The molecule has 4 aromatic carbocycles. The molecule has 2 amide bonds. The molecule has 11 heteroatoms. The van der Waals surface area contributed by atoms with E-state index < -0.39 is 16.1 Å². The Balaban J connectivity index is 1.56. The molecule has 0 spiro atoms. The zero-order valence-corrected chi connectivity index (χ0v) is 29.0. The van der Waals surface area contributed by atoms with Crippen LogP contribution in [0.3, 0.4) is 0 Å². The third kappa shape index (κ3) is 10.3. The minimum absolute atomic E-state index is 0.122. The highest BCUT2D eigenvalue weighted by Gasteiger charge is 2.30. The van der Waals surface area contributed by atoms with Crippen LogP contribution in [0.15, 0.2) is 102 Å². The van der Waals surface area contributed by atoms with Crippen LogP contribution in [0.4, 0.5) is 0 Å². The molecular formula is C37H42ClN3O6S. The smallest absolute Gasteiger partial charge is 0.243 e. The van der Waals surface area contributed by atoms with E-state index in [0.29, 0.717) is 42.3 Å². The quantitative estimate of drug-likeness (QED) is 0.149. The van der Waals surface area contributed by atoms with Crippen molar-refractivity contribution in [2.45, 2.75) is 50.1 Å². The molecule has 0 radical (unpaired) electrons. The zero-order chi connectivity index (χ0) is 34.5. The number of aryl methyl sites for hydroxylation is 1. The molecule has 4 rings (SSSR count). The zero-order valence-electron chi connectivity index (χ0n) is 27.4. The Morgan fingerprint density at radius 3 is 2.08 bits per heavy atom. The normalized spacial score (nSPS) is 11.8. The third-order valence-corrected chi connectivity index (χ3v) is 9.71. The number of rotatable bonds is 17. The first kappa shape index (κ1) is 36.5. The van der Waals surface area contributed by atoms with Crippen LogP contribution in [0.5, 0.6) is 11.5 Å². The fourth-order valence-corrected chi connectivity index (χ4v) is 6.50. The van der Waals surface area contributed by atoms with E-state index in [1.165, 1.54) is 12.1 Å². The molecule has 1 atom stereocenters. The second kappa shape index (κ2) is 17.7. The SMILES string of the molecule is CCNS(=O)(=O)c1ccc(CCC(=O)N(Cc2ccc(Cl)cc2)[C@@H](Cc2ccccc2)C(=O)NCCc2ccc(OC)c(OC)c2)cc1. The van der Waals surface area contributed by atoms with Crippen molar-refractivity contribution in [2.75, 3.05) is 27.3 Å². The molecule has 254 valence electrons. The fraction of sp³-hybridized carbons (Fsp3) is 0.297. The third-order valence-electron chi connectivity index (χ3n) is 7.89. The molecule has 0 saturated heterocycles. The van der Waals surface area contributed by atoms with Gasteiger partial charge >= 0.3 is 0 Å². The van der Waals surface area contributed by atoms with Gasteiger partial charge in [0.2, 0.25) is 21.8 Å². The number of carbonyl (C=O) groups is 2. The lowest BCUT2D eigenvalue weighted by Gasteiger charge is -2.32. The van der Waals surface area contributed by atoms with Crippen LogP contribution in [0.2, 0.25) is 5.02 Å². The second-order valence-electron chi connectivity index (χ2n) is 11.2. The molecule has 2 N–H and O–H groups in total. The highest BCUT2D eigenvalue weighted by molar-refractivity contribution is 7.89. The van der Waals surface area contributed by atoms with Crippen molar-refractivity contribution >= 4 is 33.4 Å². The molecular weight excluding hydrogens is 650 g/mol. The molecule has 0 saturated carbocycles. The van der Waals surface area contributed by atoms with Gasteiger partial charge in [0.1, 0.15) is 6.04 Å². The average Bonchev–Trinajstić information content (AvgIpc) is 3.10. The van der Waals surface area contributed by atoms with Gasteiger partial charge in [0.25, 0.3) is 0 Å². The number of nitrogens with zero attached hydrogens (tertiary/aromatic N) is 1. The summed E-state index contributed by atoms with van der Waals surface area (Å²) >= 11 is 6.15. The first-order valence-corrected chi connectivity index (χ1v) is 17.6. The lowest BCUT2D eigenvalue weighted by Crippen LogP contribution is -2.50. The number of hydrogen-bond acceptors (Lipinski definition) is 6. The van der Waals surface area contributed by atoms with Crippen LogP contribution in [-0.4, -0.2) is 58.5 Å². The largest absolute Gasteiger partial charge is 0.493 e. The number of ether oxygens (including phenoxy) is 2. The van der Waals surface area contributed by atoms with E-state index in [9.17, 15) is 18.0 Å². The van der Waals surface area contributed by atoms with Crippen molar-refractivity contribution in [3.8, 4) is 11.5 Å². The van der Waals surface area contributed by atoms with Gasteiger partial charge in [-0.1, -0.05) is 79.2 Å². The number of methoxy groups -OCH3 is 2. The van der Waals surface area contributed by atoms with Crippen molar-refractivity contribution in [1.29, 1.82) is 0 Å². The van der Waals surface area contributed by atoms with Crippen molar-refractivity contribution in [1.82, 2.24) is 14.9 Å². The maximum Gasteiger partial charge on any atom is 0.243 e. The predicted octanol–water partition coefficient (Wildman–Crippen LogP) is 5.59. The van der Waals surface area contributed by atoms with Crippen LogP contribution >= 0.6 is 11.6 Å². The monoisotopic (exact) mass is 691 g/mol. The van der Waals surface area contributed by atoms with E-state index in [0.717, 1.165) is 22.3 Å². The molecule has 9 nitrogen and oxygen atoms in total. The summed E-state index contributed by atoms with van der Waals surface area (Å²) in [7, 11) is -0.426. The van der Waals surface area contributed by atoms with Crippen LogP contribution in [0.25, 0.3) is 0 Å². The van der Waals surface area contributed by atoms with E-state index in [1.54, 1.807) is 50.3 Å². The summed E-state index contributed by atoms with van der Waals surface area (Å²) in [4.78, 5) is 29.8. The van der Waals surface area contributed by atoms with E-state index in [4.69, 9.17) is 21.1 Å². The number of carbonyl (C=O) groups excluding carboxylic acids is 2. The summed E-state index contributed by atoms with van der Waals surface area (Å²) < 4.78 is 38.0. The number of hydrogen-bond donors (Lipinski definition) is 2. The van der Waals surface area contributed by atoms with E-state index in [-0.39, 0.29) is 36.2 Å². The Morgan fingerprint density at radius 2 is 1.44 bits per heavy atom. The Bertz CT molecular complexity index is 1750. The highest BCUT2D eigenvalue weighted by Crippen LogP contribution is 2.27.